The van der Waals surface area contributed by atoms with Crippen molar-refractivity contribution in [2.45, 2.75) is 39.2 Å². The maximum atomic E-state index is 13.1. The summed E-state index contributed by atoms with van der Waals surface area (Å²) in [6, 6.07) is 6.52. The van der Waals surface area contributed by atoms with Crippen molar-refractivity contribution in [3.63, 3.8) is 0 Å². The minimum Gasteiger partial charge on any atom is -0.511 e. The van der Waals surface area contributed by atoms with Gasteiger partial charge in [0, 0.05) is 51.8 Å². The summed E-state index contributed by atoms with van der Waals surface area (Å²) < 4.78 is 5.16. The number of rotatable bonds is 7. The van der Waals surface area contributed by atoms with Crippen molar-refractivity contribution in [2.24, 2.45) is 10.4 Å². The van der Waals surface area contributed by atoms with Gasteiger partial charge in [0.2, 0.25) is 5.91 Å². The number of benzene rings is 1. The molecular formula is C26H34N4O5. The Kier molecular flexibility index (Phi) is 7.37. The van der Waals surface area contributed by atoms with E-state index >= 15 is 0 Å². The fourth-order valence-corrected chi connectivity index (χ4v) is 5.01. The van der Waals surface area contributed by atoms with Crippen LogP contribution in [0, 0.1) is 5.41 Å². The Hall–Kier alpha value is -3.04. The second-order valence-electron chi connectivity index (χ2n) is 10.2. The average molecular weight is 483 g/mol. The van der Waals surface area contributed by atoms with Crippen LogP contribution < -0.4 is 9.64 Å². The number of piperazine rings is 1. The summed E-state index contributed by atoms with van der Waals surface area (Å²) in [7, 11) is 1.57. The van der Waals surface area contributed by atoms with E-state index in [0.717, 1.165) is 19.6 Å². The highest BCUT2D eigenvalue weighted by atomic mass is 16.5. The molecule has 1 aromatic rings. The molecule has 0 saturated carbocycles. The van der Waals surface area contributed by atoms with E-state index in [4.69, 9.17) is 4.74 Å². The first kappa shape index (κ1) is 25.1. The van der Waals surface area contributed by atoms with E-state index in [1.165, 1.54) is 11.1 Å². The average Bonchev–Trinajstić information content (AvgIpc) is 3.11. The fourth-order valence-electron chi connectivity index (χ4n) is 5.01. The Morgan fingerprint density at radius 3 is 2.40 bits per heavy atom. The topological polar surface area (TPSA) is 103 Å². The van der Waals surface area contributed by atoms with Crippen LogP contribution in [-0.2, 0) is 14.4 Å². The number of methoxy groups -OCH3 is 1. The standard InChI is InChI=1S/C26H34N4O5/c1-26(2)15-22(31)20(23(32)16-26)17-27-8-9-28-10-12-29(13-11-28)21-14-24(33)30(25(21)34)18-4-6-19(35-3)7-5-18/h4-7,17,21,31H,8-16H2,1-3H3. The molecule has 1 aliphatic carbocycles. The summed E-state index contributed by atoms with van der Waals surface area (Å²) in [5, 5.41) is 10.2. The highest BCUT2D eigenvalue weighted by Crippen LogP contribution is 2.35. The van der Waals surface area contributed by atoms with Gasteiger partial charge in [0.25, 0.3) is 5.91 Å². The monoisotopic (exact) mass is 482 g/mol. The number of anilines is 1. The number of hydrogen-bond donors (Lipinski definition) is 1. The Labute approximate surface area is 206 Å². The molecular weight excluding hydrogens is 448 g/mol. The van der Waals surface area contributed by atoms with E-state index in [1.807, 2.05) is 13.8 Å². The molecule has 4 rings (SSSR count). The van der Waals surface area contributed by atoms with Crippen LogP contribution in [0.4, 0.5) is 5.69 Å². The second kappa shape index (κ2) is 10.3. The van der Waals surface area contributed by atoms with Gasteiger partial charge in [0.15, 0.2) is 5.78 Å². The Morgan fingerprint density at radius 2 is 1.77 bits per heavy atom. The van der Waals surface area contributed by atoms with Gasteiger partial charge in [-0.3, -0.25) is 29.2 Å². The lowest BCUT2D eigenvalue weighted by atomic mass is 9.77. The number of ether oxygens (including phenoxy) is 1. The van der Waals surface area contributed by atoms with Crippen LogP contribution in [0.2, 0.25) is 0 Å². The first-order valence-corrected chi connectivity index (χ1v) is 12.1. The van der Waals surface area contributed by atoms with Crippen molar-refractivity contribution in [3.8, 4) is 5.75 Å². The van der Waals surface area contributed by atoms with Gasteiger partial charge in [-0.15, -0.1) is 0 Å². The zero-order valence-electron chi connectivity index (χ0n) is 20.7. The zero-order valence-corrected chi connectivity index (χ0v) is 20.7. The first-order valence-electron chi connectivity index (χ1n) is 12.1. The molecule has 2 aliphatic heterocycles. The molecule has 2 amide bonds. The van der Waals surface area contributed by atoms with Crippen molar-refractivity contribution < 1.29 is 24.2 Å². The van der Waals surface area contributed by atoms with Crippen molar-refractivity contribution in [2.75, 3.05) is 51.3 Å². The highest BCUT2D eigenvalue weighted by molar-refractivity contribution is 6.22. The lowest BCUT2D eigenvalue weighted by molar-refractivity contribution is -0.123. The van der Waals surface area contributed by atoms with Crippen LogP contribution in [0.5, 0.6) is 5.75 Å². The number of carbonyl (C=O) groups is 3. The van der Waals surface area contributed by atoms with Gasteiger partial charge in [0.05, 0.1) is 37.4 Å². The van der Waals surface area contributed by atoms with E-state index in [0.29, 0.717) is 49.5 Å². The molecule has 1 atom stereocenters. The third kappa shape index (κ3) is 5.62. The van der Waals surface area contributed by atoms with Crippen LogP contribution >= 0.6 is 0 Å². The molecule has 0 spiro atoms. The maximum Gasteiger partial charge on any atom is 0.251 e. The van der Waals surface area contributed by atoms with Gasteiger partial charge in [-0.25, -0.2) is 4.90 Å². The molecule has 1 N–H and O–H groups in total. The molecule has 2 fully saturated rings. The largest absolute Gasteiger partial charge is 0.511 e. The summed E-state index contributed by atoms with van der Waals surface area (Å²) in [6.45, 7) is 8.15. The Balaban J connectivity index is 1.26. The molecule has 0 radical (unpaired) electrons. The normalized spacial score (nSPS) is 24.1. The molecule has 1 aromatic carbocycles. The van der Waals surface area contributed by atoms with Crippen LogP contribution in [0.25, 0.3) is 0 Å². The Morgan fingerprint density at radius 1 is 1.09 bits per heavy atom. The molecule has 3 aliphatic rings. The third-order valence-electron chi connectivity index (χ3n) is 6.96. The van der Waals surface area contributed by atoms with Crippen LogP contribution in [-0.4, -0.2) is 91.1 Å². The molecule has 0 aromatic heterocycles. The van der Waals surface area contributed by atoms with Crippen LogP contribution in [0.1, 0.15) is 33.1 Å². The maximum absolute atomic E-state index is 13.1. The smallest absolute Gasteiger partial charge is 0.251 e. The van der Waals surface area contributed by atoms with Crippen molar-refractivity contribution in [1.82, 2.24) is 9.80 Å². The van der Waals surface area contributed by atoms with E-state index in [9.17, 15) is 19.5 Å². The van der Waals surface area contributed by atoms with E-state index in [2.05, 4.69) is 14.8 Å². The molecule has 1 unspecified atom stereocenters. The van der Waals surface area contributed by atoms with Gasteiger partial charge in [0.1, 0.15) is 11.5 Å². The summed E-state index contributed by atoms with van der Waals surface area (Å²) >= 11 is 0. The van der Waals surface area contributed by atoms with Gasteiger partial charge in [-0.1, -0.05) is 13.8 Å². The Bertz CT molecular complexity index is 1040. The second-order valence-corrected chi connectivity index (χ2v) is 10.2. The summed E-state index contributed by atoms with van der Waals surface area (Å²) in [4.78, 5) is 48.0. The van der Waals surface area contributed by atoms with Crippen molar-refractivity contribution >= 4 is 29.5 Å². The predicted molar refractivity (Wildman–Crippen MR) is 133 cm³/mol. The number of allylic oxidation sites excluding steroid dienone is 2. The number of Topliss-reactive ketones (excluding diaryl/α,β-unsaturated/α-hetero) is 1. The van der Waals surface area contributed by atoms with E-state index < -0.39 is 6.04 Å². The van der Waals surface area contributed by atoms with Gasteiger partial charge in [-0.2, -0.15) is 0 Å². The molecule has 9 heteroatoms. The fraction of sp³-hybridized carbons (Fsp3) is 0.538. The zero-order chi connectivity index (χ0) is 25.2. The number of imide groups is 1. The van der Waals surface area contributed by atoms with Crippen LogP contribution in [0.3, 0.4) is 0 Å². The minimum atomic E-state index is -0.429. The minimum absolute atomic E-state index is 0.0597. The number of nitrogens with zero attached hydrogens (tertiary/aromatic N) is 4. The predicted octanol–water partition coefficient (Wildman–Crippen LogP) is 2.22. The molecule has 188 valence electrons. The summed E-state index contributed by atoms with van der Waals surface area (Å²) in [5.74, 6) is 0.387. The SMILES string of the molecule is COc1ccc(N2C(=O)CC(N3CCN(CCN=CC4=C(O)CC(C)(C)CC4=O)CC3)C2=O)cc1. The van der Waals surface area contributed by atoms with Gasteiger partial charge >= 0.3 is 0 Å². The molecule has 0 bridgehead atoms. The van der Waals surface area contributed by atoms with Crippen molar-refractivity contribution in [3.05, 3.63) is 35.6 Å². The van der Waals surface area contributed by atoms with E-state index in [1.54, 1.807) is 31.4 Å². The number of aliphatic imine (C=N–C) groups is 1. The molecule has 2 heterocycles. The number of aliphatic hydroxyl groups excluding tert-OH is 1. The molecule has 2 saturated heterocycles. The first-order chi connectivity index (χ1) is 16.7. The lowest BCUT2D eigenvalue weighted by Gasteiger charge is -2.36. The third-order valence-corrected chi connectivity index (χ3v) is 6.96. The summed E-state index contributed by atoms with van der Waals surface area (Å²) in [5.41, 5.74) is 0.691. The molecule has 35 heavy (non-hydrogen) atoms. The number of carbonyl (C=O) groups excluding carboxylic acids is 3. The van der Waals surface area contributed by atoms with Gasteiger partial charge in [-0.05, 0) is 29.7 Å². The number of aliphatic hydroxyl groups is 1. The van der Waals surface area contributed by atoms with Gasteiger partial charge < -0.3 is 9.84 Å². The number of hydrogen-bond acceptors (Lipinski definition) is 8. The lowest BCUT2D eigenvalue weighted by Crippen LogP contribution is -2.52. The highest BCUT2D eigenvalue weighted by Gasteiger charge is 2.43. The molecule has 9 nitrogen and oxygen atoms in total. The van der Waals surface area contributed by atoms with Crippen LogP contribution in [0.15, 0.2) is 40.6 Å². The quantitative estimate of drug-likeness (QED) is 0.470. The number of amides is 2. The number of ketones is 1. The summed E-state index contributed by atoms with van der Waals surface area (Å²) in [6.07, 6.45) is 2.61. The van der Waals surface area contributed by atoms with E-state index in [-0.39, 0.29) is 35.2 Å². The van der Waals surface area contributed by atoms with Crippen molar-refractivity contribution in [1.29, 1.82) is 0 Å².